The second-order valence-electron chi connectivity index (χ2n) is 4.87. The summed E-state index contributed by atoms with van der Waals surface area (Å²) in [5, 5.41) is 7.03. The summed E-state index contributed by atoms with van der Waals surface area (Å²) in [6.07, 6.45) is 0. The Morgan fingerprint density at radius 2 is 1.82 bits per heavy atom. The van der Waals surface area contributed by atoms with Gasteiger partial charge in [-0.25, -0.2) is 0 Å². The van der Waals surface area contributed by atoms with Crippen molar-refractivity contribution in [3.05, 3.63) is 56.2 Å². The molecule has 2 aromatic rings. The van der Waals surface area contributed by atoms with E-state index in [9.17, 15) is 0 Å². The first-order chi connectivity index (χ1) is 9.75. The highest BCUT2D eigenvalue weighted by molar-refractivity contribution is 7.10. The van der Waals surface area contributed by atoms with Crippen molar-refractivity contribution in [3.63, 3.8) is 0 Å². The van der Waals surface area contributed by atoms with Crippen molar-refractivity contribution in [2.75, 3.05) is 26.2 Å². The maximum atomic E-state index is 6.43. The van der Waals surface area contributed by atoms with Crippen LogP contribution >= 0.6 is 59.4 Å². The molecule has 0 radical (unpaired) electrons. The van der Waals surface area contributed by atoms with Crippen LogP contribution in [0.15, 0.2) is 35.7 Å². The minimum absolute atomic E-state index is 0. The van der Waals surface area contributed by atoms with Crippen LogP contribution < -0.4 is 5.32 Å². The molecular weight excluding hydrogens is 382 g/mol. The molecule has 1 aromatic heterocycles. The van der Waals surface area contributed by atoms with Gasteiger partial charge in [-0.2, -0.15) is 0 Å². The Balaban J connectivity index is 0.00000121. The lowest BCUT2D eigenvalue weighted by Gasteiger charge is -2.35. The fraction of sp³-hybridized carbons (Fsp3) is 0.333. The van der Waals surface area contributed by atoms with E-state index in [0.717, 1.165) is 41.8 Å². The van der Waals surface area contributed by atoms with Gasteiger partial charge < -0.3 is 5.32 Å². The average Bonchev–Trinajstić information content (AvgIpc) is 2.98. The van der Waals surface area contributed by atoms with Crippen LogP contribution in [-0.4, -0.2) is 31.1 Å². The molecule has 1 aliphatic heterocycles. The van der Waals surface area contributed by atoms with E-state index in [1.807, 2.05) is 18.2 Å². The summed E-state index contributed by atoms with van der Waals surface area (Å²) in [7, 11) is 0. The molecule has 0 saturated carbocycles. The molecule has 1 fully saturated rings. The number of rotatable bonds is 3. The van der Waals surface area contributed by atoms with Crippen LogP contribution in [0, 0.1) is 0 Å². The molecule has 0 amide bonds. The molecule has 0 spiro atoms. The van der Waals surface area contributed by atoms with E-state index in [2.05, 4.69) is 27.7 Å². The maximum absolute atomic E-state index is 6.43. The topological polar surface area (TPSA) is 15.3 Å². The van der Waals surface area contributed by atoms with Crippen molar-refractivity contribution >= 4 is 59.4 Å². The normalized spacial score (nSPS) is 16.5. The lowest BCUT2D eigenvalue weighted by Crippen LogP contribution is -2.45. The monoisotopic (exact) mass is 398 g/mol. The van der Waals surface area contributed by atoms with Gasteiger partial charge in [0.1, 0.15) is 0 Å². The second kappa shape index (κ2) is 9.33. The Morgan fingerprint density at radius 1 is 1.09 bits per heavy atom. The van der Waals surface area contributed by atoms with E-state index in [1.165, 1.54) is 4.88 Å². The molecule has 2 heterocycles. The number of halogens is 4. The van der Waals surface area contributed by atoms with Crippen LogP contribution in [0.1, 0.15) is 16.5 Å². The zero-order chi connectivity index (χ0) is 13.9. The van der Waals surface area contributed by atoms with Crippen LogP contribution in [0.3, 0.4) is 0 Å². The van der Waals surface area contributed by atoms with E-state index < -0.39 is 0 Å². The van der Waals surface area contributed by atoms with E-state index in [0.29, 0.717) is 0 Å². The second-order valence-corrected chi connectivity index (χ2v) is 6.69. The van der Waals surface area contributed by atoms with Crippen LogP contribution in [-0.2, 0) is 0 Å². The Bertz CT molecular complexity index is 571. The van der Waals surface area contributed by atoms with E-state index in [-0.39, 0.29) is 30.9 Å². The minimum Gasteiger partial charge on any atom is -0.314 e. The summed E-state index contributed by atoms with van der Waals surface area (Å²) in [4.78, 5) is 3.79. The molecule has 0 aliphatic carbocycles. The first-order valence-corrected chi connectivity index (χ1v) is 8.32. The first kappa shape index (κ1) is 20.0. The van der Waals surface area contributed by atoms with E-state index in [4.69, 9.17) is 23.2 Å². The fourth-order valence-corrected chi connectivity index (χ4v) is 3.92. The Morgan fingerprint density at radius 3 is 2.45 bits per heavy atom. The van der Waals surface area contributed by atoms with Crippen LogP contribution in [0.4, 0.5) is 0 Å². The first-order valence-electron chi connectivity index (χ1n) is 6.69. The van der Waals surface area contributed by atoms with Gasteiger partial charge in [-0.1, -0.05) is 29.3 Å². The van der Waals surface area contributed by atoms with Gasteiger partial charge in [0, 0.05) is 41.1 Å². The predicted molar refractivity (Wildman–Crippen MR) is 102 cm³/mol. The van der Waals surface area contributed by atoms with Crippen molar-refractivity contribution in [2.45, 2.75) is 6.04 Å². The van der Waals surface area contributed by atoms with Crippen molar-refractivity contribution < 1.29 is 0 Å². The average molecular weight is 400 g/mol. The number of nitrogens with one attached hydrogen (secondary N) is 1. The molecule has 3 rings (SSSR count). The lowest BCUT2D eigenvalue weighted by atomic mass is 10.0. The molecule has 1 aliphatic rings. The highest BCUT2D eigenvalue weighted by Gasteiger charge is 2.26. The summed E-state index contributed by atoms with van der Waals surface area (Å²) < 4.78 is 0. The molecule has 0 unspecified atom stereocenters. The van der Waals surface area contributed by atoms with Crippen LogP contribution in [0.25, 0.3) is 0 Å². The van der Waals surface area contributed by atoms with Crippen LogP contribution in [0.5, 0.6) is 0 Å². The zero-order valence-corrected chi connectivity index (χ0v) is 15.8. The Kier molecular flexibility index (Phi) is 8.50. The quantitative estimate of drug-likeness (QED) is 0.789. The number of thiophene rings is 1. The van der Waals surface area contributed by atoms with Gasteiger partial charge in [0.25, 0.3) is 0 Å². The van der Waals surface area contributed by atoms with Gasteiger partial charge >= 0.3 is 0 Å². The molecule has 1 aromatic carbocycles. The van der Waals surface area contributed by atoms with Gasteiger partial charge in [0.2, 0.25) is 0 Å². The highest BCUT2D eigenvalue weighted by Crippen LogP contribution is 2.37. The summed E-state index contributed by atoms with van der Waals surface area (Å²) in [6.45, 7) is 4.07. The number of piperazine rings is 1. The van der Waals surface area contributed by atoms with E-state index >= 15 is 0 Å². The summed E-state index contributed by atoms with van der Waals surface area (Å²) in [5.74, 6) is 0. The SMILES string of the molecule is Cl.Cl.Clc1ccc(Cl)c([C@H](c2cccs2)N2CCNCC2)c1. The number of hydrogen-bond acceptors (Lipinski definition) is 3. The summed E-state index contributed by atoms with van der Waals surface area (Å²) in [6, 6.07) is 10.2. The summed E-state index contributed by atoms with van der Waals surface area (Å²) in [5.41, 5.74) is 1.10. The van der Waals surface area contributed by atoms with Crippen molar-refractivity contribution in [3.8, 4) is 0 Å². The molecule has 2 nitrogen and oxygen atoms in total. The summed E-state index contributed by atoms with van der Waals surface area (Å²) >= 11 is 14.4. The minimum atomic E-state index is 0. The largest absolute Gasteiger partial charge is 0.314 e. The van der Waals surface area contributed by atoms with Gasteiger partial charge in [0.15, 0.2) is 0 Å². The van der Waals surface area contributed by atoms with Crippen molar-refractivity contribution in [1.29, 1.82) is 0 Å². The van der Waals surface area contributed by atoms with Crippen LogP contribution in [0.2, 0.25) is 10.0 Å². The van der Waals surface area contributed by atoms with E-state index in [1.54, 1.807) is 11.3 Å². The maximum Gasteiger partial charge on any atom is 0.0712 e. The molecule has 7 heteroatoms. The third-order valence-corrected chi connectivity index (χ3v) is 5.09. The fourth-order valence-electron chi connectivity index (χ4n) is 2.64. The highest BCUT2D eigenvalue weighted by atomic mass is 35.5. The molecule has 1 atom stereocenters. The molecule has 122 valence electrons. The third kappa shape index (κ3) is 4.51. The van der Waals surface area contributed by atoms with Crippen molar-refractivity contribution in [2.24, 2.45) is 0 Å². The molecule has 0 bridgehead atoms. The molecule has 22 heavy (non-hydrogen) atoms. The molecule has 1 N–H and O–H groups in total. The van der Waals surface area contributed by atoms with Gasteiger partial charge in [0.05, 0.1) is 6.04 Å². The number of nitrogens with zero attached hydrogens (tertiary/aromatic N) is 1. The number of benzene rings is 1. The van der Waals surface area contributed by atoms with Crippen molar-refractivity contribution in [1.82, 2.24) is 10.2 Å². The van der Waals surface area contributed by atoms with Gasteiger partial charge in [-0.05, 0) is 35.2 Å². The third-order valence-electron chi connectivity index (χ3n) is 3.58. The molecule has 1 saturated heterocycles. The standard InChI is InChI=1S/C15H16Cl2N2S.2ClH/c16-11-3-4-13(17)12(10-11)15(14-2-1-9-20-14)19-7-5-18-6-8-19;;/h1-4,9-10,15,18H,5-8H2;2*1H/t15-;;/m1../s1. The molecular formula is C15H18Cl4N2S. The van der Waals surface area contributed by atoms with Gasteiger partial charge in [-0.3, -0.25) is 4.90 Å². The van der Waals surface area contributed by atoms with Gasteiger partial charge in [-0.15, -0.1) is 36.2 Å². The Hall–Kier alpha value is -0.000000000000000139. The zero-order valence-electron chi connectivity index (χ0n) is 11.8. The Labute approximate surface area is 157 Å². The smallest absolute Gasteiger partial charge is 0.0712 e. The lowest BCUT2D eigenvalue weighted by molar-refractivity contribution is 0.201. The number of hydrogen-bond donors (Lipinski definition) is 1. The predicted octanol–water partition coefficient (Wildman–Crippen LogP) is 4.89.